The van der Waals surface area contributed by atoms with Gasteiger partial charge in [-0.1, -0.05) is 6.07 Å². The molecule has 2 heterocycles. The highest BCUT2D eigenvalue weighted by Gasteiger charge is 2.30. The Hall–Kier alpha value is -2.28. The average molecular weight is 347 g/mol. The van der Waals surface area contributed by atoms with Crippen molar-refractivity contribution in [2.24, 2.45) is 0 Å². The molecular weight excluding hydrogens is 322 g/mol. The molecule has 2 aliphatic heterocycles. The van der Waals surface area contributed by atoms with Crippen LogP contribution in [0.1, 0.15) is 30.9 Å². The maximum atomic E-state index is 11.6. The summed E-state index contributed by atoms with van der Waals surface area (Å²) < 4.78 is 10.8. The zero-order valence-corrected chi connectivity index (χ0v) is 14.8. The van der Waals surface area contributed by atoms with Crippen LogP contribution >= 0.6 is 0 Å². The first-order chi connectivity index (χ1) is 12.1. The van der Waals surface area contributed by atoms with E-state index in [1.807, 2.05) is 12.1 Å². The van der Waals surface area contributed by atoms with E-state index in [4.69, 9.17) is 9.47 Å². The lowest BCUT2D eigenvalue weighted by atomic mass is 10.0. The number of carbonyl (C=O) groups excluding carboxylic acids is 2. The van der Waals surface area contributed by atoms with Crippen molar-refractivity contribution in [3.63, 3.8) is 0 Å². The Kier molecular flexibility index (Phi) is 5.43. The van der Waals surface area contributed by atoms with Crippen molar-refractivity contribution in [1.82, 2.24) is 15.1 Å². The number of hydrogen-bond acceptors (Lipinski definition) is 5. The van der Waals surface area contributed by atoms with Crippen LogP contribution in [0.4, 0.5) is 4.79 Å². The monoisotopic (exact) mass is 347 g/mol. The van der Waals surface area contributed by atoms with E-state index in [0.29, 0.717) is 12.6 Å². The molecule has 2 saturated heterocycles. The van der Waals surface area contributed by atoms with Gasteiger partial charge >= 0.3 is 6.03 Å². The number of nitrogens with zero attached hydrogens (tertiary/aromatic N) is 2. The fourth-order valence-electron chi connectivity index (χ4n) is 3.65. The number of imide groups is 1. The first-order valence-electron chi connectivity index (χ1n) is 8.68. The number of carbonyl (C=O) groups is 2. The molecule has 1 aromatic rings. The molecule has 0 saturated carbocycles. The molecule has 3 amide bonds. The third kappa shape index (κ3) is 3.71. The second-order valence-corrected chi connectivity index (χ2v) is 6.36. The van der Waals surface area contributed by atoms with Crippen molar-refractivity contribution >= 4 is 11.9 Å². The summed E-state index contributed by atoms with van der Waals surface area (Å²) in [6.45, 7) is 2.44. The molecule has 1 aromatic carbocycles. The quantitative estimate of drug-likeness (QED) is 0.762. The smallest absolute Gasteiger partial charge is 0.324 e. The van der Waals surface area contributed by atoms with E-state index in [-0.39, 0.29) is 18.5 Å². The highest BCUT2D eigenvalue weighted by Crippen LogP contribution is 2.38. The molecule has 0 bridgehead atoms. The molecule has 2 aliphatic rings. The molecule has 0 aliphatic carbocycles. The third-order valence-corrected chi connectivity index (χ3v) is 4.93. The Balaban J connectivity index is 1.63. The van der Waals surface area contributed by atoms with Gasteiger partial charge in [-0.2, -0.15) is 0 Å². The number of rotatable bonds is 7. The van der Waals surface area contributed by atoms with Crippen LogP contribution in [-0.4, -0.2) is 62.1 Å². The van der Waals surface area contributed by atoms with E-state index >= 15 is 0 Å². The van der Waals surface area contributed by atoms with Gasteiger partial charge in [-0.3, -0.25) is 14.6 Å². The second-order valence-electron chi connectivity index (χ2n) is 6.36. The molecule has 136 valence electrons. The van der Waals surface area contributed by atoms with Gasteiger partial charge in [0, 0.05) is 30.8 Å². The molecule has 25 heavy (non-hydrogen) atoms. The van der Waals surface area contributed by atoms with Crippen LogP contribution in [-0.2, 0) is 4.79 Å². The van der Waals surface area contributed by atoms with Gasteiger partial charge in [-0.05, 0) is 31.9 Å². The second kappa shape index (κ2) is 7.74. The highest BCUT2D eigenvalue weighted by molar-refractivity contribution is 6.01. The first-order valence-corrected chi connectivity index (χ1v) is 8.68. The number of amides is 3. The highest BCUT2D eigenvalue weighted by atomic mass is 16.5. The van der Waals surface area contributed by atoms with Crippen molar-refractivity contribution < 1.29 is 19.1 Å². The summed E-state index contributed by atoms with van der Waals surface area (Å²) in [6.07, 6.45) is 2.98. The summed E-state index contributed by atoms with van der Waals surface area (Å²) in [6, 6.07) is 5.96. The standard InChI is InChI=1S/C18H25N3O4/c1-24-13-6-7-14(16(11-13)25-2)15-5-3-8-20(15)9-4-10-21-17(22)12-19-18(21)23/h6-7,11,15H,3-5,8-10,12H2,1-2H3,(H,19,23). The lowest BCUT2D eigenvalue weighted by Crippen LogP contribution is -2.34. The summed E-state index contributed by atoms with van der Waals surface area (Å²) in [5, 5.41) is 2.55. The lowest BCUT2D eigenvalue weighted by Gasteiger charge is -2.27. The lowest BCUT2D eigenvalue weighted by molar-refractivity contribution is -0.125. The Bertz CT molecular complexity index is 633. The van der Waals surface area contributed by atoms with Gasteiger partial charge in [0.15, 0.2) is 0 Å². The largest absolute Gasteiger partial charge is 0.497 e. The zero-order chi connectivity index (χ0) is 17.8. The molecule has 7 nitrogen and oxygen atoms in total. The molecule has 0 aromatic heterocycles. The number of methoxy groups -OCH3 is 2. The van der Waals surface area contributed by atoms with Crippen molar-refractivity contribution in [3.05, 3.63) is 23.8 Å². The van der Waals surface area contributed by atoms with E-state index in [1.54, 1.807) is 14.2 Å². The van der Waals surface area contributed by atoms with Gasteiger partial charge < -0.3 is 14.8 Å². The topological polar surface area (TPSA) is 71.1 Å². The molecule has 0 spiro atoms. The molecule has 0 radical (unpaired) electrons. The van der Waals surface area contributed by atoms with Crippen LogP contribution in [0.3, 0.4) is 0 Å². The number of nitrogens with one attached hydrogen (secondary N) is 1. The minimum Gasteiger partial charge on any atom is -0.497 e. The van der Waals surface area contributed by atoms with E-state index in [0.717, 1.165) is 49.4 Å². The summed E-state index contributed by atoms with van der Waals surface area (Å²) in [4.78, 5) is 26.9. The number of benzene rings is 1. The van der Waals surface area contributed by atoms with Crippen molar-refractivity contribution in [2.75, 3.05) is 40.4 Å². The van der Waals surface area contributed by atoms with Gasteiger partial charge in [-0.25, -0.2) is 4.79 Å². The Labute approximate surface area is 147 Å². The van der Waals surface area contributed by atoms with Crippen LogP contribution in [0.15, 0.2) is 18.2 Å². The summed E-state index contributed by atoms with van der Waals surface area (Å²) in [5.74, 6) is 1.48. The summed E-state index contributed by atoms with van der Waals surface area (Å²) in [7, 11) is 3.32. The minimum absolute atomic E-state index is 0.119. The van der Waals surface area contributed by atoms with Crippen molar-refractivity contribution in [2.45, 2.75) is 25.3 Å². The molecule has 3 rings (SSSR count). The fourth-order valence-corrected chi connectivity index (χ4v) is 3.65. The van der Waals surface area contributed by atoms with Crippen LogP contribution < -0.4 is 14.8 Å². The fraction of sp³-hybridized carbons (Fsp3) is 0.556. The number of hydrogen-bond donors (Lipinski definition) is 1. The summed E-state index contributed by atoms with van der Waals surface area (Å²) >= 11 is 0. The first kappa shape index (κ1) is 17.5. The Morgan fingerprint density at radius 2 is 2.04 bits per heavy atom. The van der Waals surface area contributed by atoms with Gasteiger partial charge in [0.25, 0.3) is 0 Å². The normalized spacial score (nSPS) is 20.9. The molecule has 1 N–H and O–H groups in total. The summed E-state index contributed by atoms with van der Waals surface area (Å²) in [5.41, 5.74) is 1.16. The molecule has 2 fully saturated rings. The van der Waals surface area contributed by atoms with Crippen LogP contribution in [0.2, 0.25) is 0 Å². The molecule has 1 unspecified atom stereocenters. The molecular formula is C18H25N3O4. The predicted molar refractivity (Wildman–Crippen MR) is 92.8 cm³/mol. The molecule has 1 atom stereocenters. The number of ether oxygens (including phenoxy) is 2. The Morgan fingerprint density at radius 1 is 1.20 bits per heavy atom. The van der Waals surface area contributed by atoms with Gasteiger partial charge in [0.1, 0.15) is 11.5 Å². The van der Waals surface area contributed by atoms with E-state index in [1.165, 1.54) is 4.90 Å². The third-order valence-electron chi connectivity index (χ3n) is 4.93. The van der Waals surface area contributed by atoms with Gasteiger partial charge in [-0.15, -0.1) is 0 Å². The van der Waals surface area contributed by atoms with E-state index in [9.17, 15) is 9.59 Å². The maximum absolute atomic E-state index is 11.6. The average Bonchev–Trinajstić information content (AvgIpc) is 3.22. The van der Waals surface area contributed by atoms with Crippen molar-refractivity contribution in [1.29, 1.82) is 0 Å². The van der Waals surface area contributed by atoms with Crippen molar-refractivity contribution in [3.8, 4) is 11.5 Å². The SMILES string of the molecule is COc1ccc(C2CCCN2CCCN2C(=O)CNC2=O)c(OC)c1. The van der Waals surface area contributed by atoms with Gasteiger partial charge in [0.2, 0.25) is 5.91 Å². The number of urea groups is 1. The predicted octanol–water partition coefficient (Wildman–Crippen LogP) is 1.78. The maximum Gasteiger partial charge on any atom is 0.324 e. The minimum atomic E-state index is -0.278. The van der Waals surface area contributed by atoms with E-state index < -0.39 is 0 Å². The zero-order valence-electron chi connectivity index (χ0n) is 14.8. The van der Waals surface area contributed by atoms with Crippen LogP contribution in [0, 0.1) is 0 Å². The van der Waals surface area contributed by atoms with E-state index in [2.05, 4.69) is 16.3 Å². The molecule has 7 heteroatoms. The van der Waals surface area contributed by atoms with Gasteiger partial charge in [0.05, 0.1) is 20.8 Å². The van der Waals surface area contributed by atoms with Crippen LogP contribution in [0.5, 0.6) is 11.5 Å². The Morgan fingerprint density at radius 3 is 2.72 bits per heavy atom. The number of likely N-dealkylation sites (tertiary alicyclic amines) is 1. The van der Waals surface area contributed by atoms with Crippen LogP contribution in [0.25, 0.3) is 0 Å².